The number of carbonyl (C=O) groups excluding carboxylic acids is 1. The molecule has 18 heavy (non-hydrogen) atoms. The van der Waals surface area contributed by atoms with Crippen molar-refractivity contribution in [2.24, 2.45) is 0 Å². The fourth-order valence-electron chi connectivity index (χ4n) is 1.16. The number of nitrogens with one attached hydrogen (secondary N) is 2. The number of carbonyl (C=O) groups is 1. The van der Waals surface area contributed by atoms with E-state index in [0.29, 0.717) is 0 Å². The van der Waals surface area contributed by atoms with Crippen LogP contribution in [0.25, 0.3) is 0 Å². The molecule has 0 aliphatic rings. The van der Waals surface area contributed by atoms with Crippen LogP contribution in [-0.4, -0.2) is 50.0 Å². The van der Waals surface area contributed by atoms with Gasteiger partial charge in [0.15, 0.2) is 5.43 Å². The third-order valence-electron chi connectivity index (χ3n) is 2.27. The molecule has 1 amide bonds. The third-order valence-corrected chi connectivity index (χ3v) is 4.10. The van der Waals surface area contributed by atoms with Crippen LogP contribution < -0.4 is 10.7 Å². The van der Waals surface area contributed by atoms with Gasteiger partial charge in [-0.15, -0.1) is 0 Å². The molecule has 1 rings (SSSR count). The molecule has 0 spiro atoms. The molecule has 0 radical (unpaired) electrons. The summed E-state index contributed by atoms with van der Waals surface area (Å²) in [5, 5.41) is 2.39. The Bertz CT molecular complexity index is 577. The van der Waals surface area contributed by atoms with Gasteiger partial charge in [-0.1, -0.05) is 0 Å². The van der Waals surface area contributed by atoms with Gasteiger partial charge in [0.1, 0.15) is 5.56 Å². The van der Waals surface area contributed by atoms with Crippen molar-refractivity contribution in [1.29, 1.82) is 0 Å². The number of sulfonamides is 1. The Balaban J connectivity index is 2.59. The summed E-state index contributed by atoms with van der Waals surface area (Å²) in [4.78, 5) is 25.5. The summed E-state index contributed by atoms with van der Waals surface area (Å²) in [6, 6.07) is 1.23. The van der Waals surface area contributed by atoms with E-state index in [2.05, 4.69) is 10.3 Å². The van der Waals surface area contributed by atoms with Crippen molar-refractivity contribution in [2.75, 3.05) is 26.4 Å². The topological polar surface area (TPSA) is 99.3 Å². The van der Waals surface area contributed by atoms with Crippen LogP contribution in [0.4, 0.5) is 0 Å². The van der Waals surface area contributed by atoms with Crippen molar-refractivity contribution < 1.29 is 13.2 Å². The van der Waals surface area contributed by atoms with E-state index in [9.17, 15) is 18.0 Å². The van der Waals surface area contributed by atoms with Crippen LogP contribution >= 0.6 is 0 Å². The molecule has 100 valence electrons. The van der Waals surface area contributed by atoms with E-state index in [1.807, 2.05) is 0 Å². The number of pyridine rings is 1. The van der Waals surface area contributed by atoms with Gasteiger partial charge in [0, 0.05) is 39.1 Å². The molecular formula is C10H15N3O4S. The minimum atomic E-state index is -3.35. The predicted octanol–water partition coefficient (Wildman–Crippen LogP) is -1.00. The first-order chi connectivity index (χ1) is 8.34. The second kappa shape index (κ2) is 5.78. The highest BCUT2D eigenvalue weighted by atomic mass is 32.2. The van der Waals surface area contributed by atoms with Crippen molar-refractivity contribution in [2.45, 2.75) is 0 Å². The molecule has 0 fully saturated rings. The lowest BCUT2D eigenvalue weighted by atomic mass is 10.2. The number of amides is 1. The van der Waals surface area contributed by atoms with Crippen LogP contribution in [0.15, 0.2) is 23.3 Å². The van der Waals surface area contributed by atoms with E-state index in [4.69, 9.17) is 0 Å². The molecule has 7 nitrogen and oxygen atoms in total. The number of hydrogen-bond donors (Lipinski definition) is 2. The number of hydrogen-bond acceptors (Lipinski definition) is 4. The third kappa shape index (κ3) is 3.67. The quantitative estimate of drug-likeness (QED) is 0.718. The monoisotopic (exact) mass is 273 g/mol. The van der Waals surface area contributed by atoms with Crippen LogP contribution in [0.1, 0.15) is 10.4 Å². The van der Waals surface area contributed by atoms with Gasteiger partial charge in [-0.05, 0) is 0 Å². The second-order valence-electron chi connectivity index (χ2n) is 3.78. The predicted molar refractivity (Wildman–Crippen MR) is 66.9 cm³/mol. The van der Waals surface area contributed by atoms with Gasteiger partial charge in [-0.25, -0.2) is 12.7 Å². The summed E-state index contributed by atoms with van der Waals surface area (Å²) in [5.41, 5.74) is -0.457. The number of rotatable bonds is 5. The van der Waals surface area contributed by atoms with Crippen molar-refractivity contribution in [3.05, 3.63) is 34.2 Å². The Morgan fingerprint density at radius 2 is 2.11 bits per heavy atom. The molecule has 0 aliphatic carbocycles. The van der Waals surface area contributed by atoms with E-state index >= 15 is 0 Å². The summed E-state index contributed by atoms with van der Waals surface area (Å²) in [7, 11) is -0.522. The lowest BCUT2D eigenvalue weighted by Gasteiger charge is -2.11. The van der Waals surface area contributed by atoms with E-state index < -0.39 is 21.4 Å². The van der Waals surface area contributed by atoms with Gasteiger partial charge >= 0.3 is 0 Å². The fraction of sp³-hybridized carbons (Fsp3) is 0.400. The van der Waals surface area contributed by atoms with E-state index in [-0.39, 0.29) is 17.9 Å². The van der Waals surface area contributed by atoms with Crippen molar-refractivity contribution in [3.8, 4) is 0 Å². The minimum absolute atomic E-state index is 0.0419. The van der Waals surface area contributed by atoms with Gasteiger partial charge < -0.3 is 10.3 Å². The Labute approximate surface area is 105 Å². The number of aromatic amines is 1. The average molecular weight is 273 g/mol. The van der Waals surface area contributed by atoms with Crippen molar-refractivity contribution in [3.63, 3.8) is 0 Å². The lowest BCUT2D eigenvalue weighted by molar-refractivity contribution is 0.0954. The standard InChI is InChI=1S/C10H15N3O4S/c1-13(2)18(16,17)6-5-12-10(15)8-7-11-4-3-9(8)14/h3-4,7H,5-6H2,1-2H3,(H,11,14)(H,12,15). The van der Waals surface area contributed by atoms with Gasteiger partial charge in [-0.2, -0.15) is 0 Å². The van der Waals surface area contributed by atoms with Gasteiger partial charge in [0.05, 0.1) is 5.75 Å². The first-order valence-corrected chi connectivity index (χ1v) is 6.81. The smallest absolute Gasteiger partial charge is 0.256 e. The van der Waals surface area contributed by atoms with Crippen molar-refractivity contribution >= 4 is 15.9 Å². The van der Waals surface area contributed by atoms with Crippen molar-refractivity contribution in [1.82, 2.24) is 14.6 Å². The highest BCUT2D eigenvalue weighted by Gasteiger charge is 2.15. The maximum absolute atomic E-state index is 11.6. The largest absolute Gasteiger partial charge is 0.367 e. The molecule has 0 saturated carbocycles. The normalized spacial score (nSPS) is 11.5. The molecule has 0 saturated heterocycles. The summed E-state index contributed by atoms with van der Waals surface area (Å²) < 4.78 is 23.9. The highest BCUT2D eigenvalue weighted by molar-refractivity contribution is 7.89. The summed E-state index contributed by atoms with van der Waals surface area (Å²) in [6.45, 7) is -0.0479. The number of H-pyrrole nitrogens is 1. The molecule has 1 aromatic rings. The number of aromatic nitrogens is 1. The molecule has 2 N–H and O–H groups in total. The van der Waals surface area contributed by atoms with E-state index in [0.717, 1.165) is 4.31 Å². The fourth-order valence-corrected chi connectivity index (χ4v) is 1.89. The zero-order valence-electron chi connectivity index (χ0n) is 10.1. The lowest BCUT2D eigenvalue weighted by Crippen LogP contribution is -2.35. The van der Waals surface area contributed by atoms with E-state index in [1.165, 1.54) is 32.6 Å². The van der Waals surface area contributed by atoms with Crippen LogP contribution in [0.2, 0.25) is 0 Å². The summed E-state index contributed by atoms with van der Waals surface area (Å²) >= 11 is 0. The molecule has 8 heteroatoms. The first kappa shape index (κ1) is 14.4. The molecule has 0 unspecified atom stereocenters. The SMILES string of the molecule is CN(C)S(=O)(=O)CCNC(=O)c1c[nH]ccc1=O. The minimum Gasteiger partial charge on any atom is -0.367 e. The Morgan fingerprint density at radius 1 is 1.44 bits per heavy atom. The molecule has 0 atom stereocenters. The van der Waals surface area contributed by atoms with Gasteiger partial charge in [0.2, 0.25) is 10.0 Å². The Hall–Kier alpha value is -1.67. The molecule has 1 heterocycles. The molecule has 0 bridgehead atoms. The molecule has 1 aromatic heterocycles. The van der Waals surface area contributed by atoms with Gasteiger partial charge in [0.25, 0.3) is 5.91 Å². The Morgan fingerprint density at radius 3 is 2.67 bits per heavy atom. The maximum atomic E-state index is 11.6. The average Bonchev–Trinajstić information content (AvgIpc) is 2.29. The summed E-state index contributed by atoms with van der Waals surface area (Å²) in [5.74, 6) is -0.804. The zero-order valence-corrected chi connectivity index (χ0v) is 11.0. The van der Waals surface area contributed by atoms with Crippen LogP contribution in [0, 0.1) is 0 Å². The van der Waals surface area contributed by atoms with Crippen LogP contribution in [0.3, 0.4) is 0 Å². The molecule has 0 aromatic carbocycles. The molecule has 0 aliphatic heterocycles. The highest BCUT2D eigenvalue weighted by Crippen LogP contribution is 1.93. The first-order valence-electron chi connectivity index (χ1n) is 5.20. The van der Waals surface area contributed by atoms with Gasteiger partial charge in [-0.3, -0.25) is 9.59 Å². The maximum Gasteiger partial charge on any atom is 0.256 e. The van der Waals surface area contributed by atoms with Crippen LogP contribution in [0.5, 0.6) is 0 Å². The molecular weight excluding hydrogens is 258 g/mol. The van der Waals surface area contributed by atoms with E-state index in [1.54, 1.807) is 0 Å². The zero-order chi connectivity index (χ0) is 13.8. The van der Waals surface area contributed by atoms with Crippen LogP contribution in [-0.2, 0) is 10.0 Å². The second-order valence-corrected chi connectivity index (χ2v) is 6.08. The number of nitrogens with zero attached hydrogens (tertiary/aromatic N) is 1. The summed E-state index contributed by atoms with van der Waals surface area (Å²) in [6.07, 6.45) is 2.69. The Kier molecular flexibility index (Phi) is 4.62.